The predicted octanol–water partition coefficient (Wildman–Crippen LogP) is 0.137. The first-order valence-electron chi connectivity index (χ1n) is 4.07. The van der Waals surface area contributed by atoms with Gasteiger partial charge in [-0.15, -0.1) is 16.7 Å². The second kappa shape index (κ2) is 4.80. The number of nitrogens with two attached hydrogens (primary N) is 1. The van der Waals surface area contributed by atoms with Gasteiger partial charge in [0.15, 0.2) is 0 Å². The zero-order valence-electron chi connectivity index (χ0n) is 7.66. The molecule has 0 bridgehead atoms. The second-order valence-corrected chi connectivity index (χ2v) is 3.09. The smallest absolute Gasteiger partial charge is 0.316 e. The molecule has 14 heavy (non-hydrogen) atoms. The lowest BCUT2D eigenvalue weighted by molar-refractivity contribution is -0.118. The van der Waals surface area contributed by atoms with E-state index in [4.69, 9.17) is 21.8 Å². The summed E-state index contributed by atoms with van der Waals surface area (Å²) in [6, 6.07) is -0.365. The molecule has 7 heteroatoms. The maximum Gasteiger partial charge on any atom is 0.316 e. The molecule has 78 valence electrons. The highest BCUT2D eigenvalue weighted by Crippen LogP contribution is 2.07. The number of rotatable bonds is 5. The molecule has 0 aliphatic carbocycles. The van der Waals surface area contributed by atoms with E-state index in [1.807, 2.05) is 0 Å². The Morgan fingerprint density at radius 1 is 1.71 bits per heavy atom. The van der Waals surface area contributed by atoms with Gasteiger partial charge in [-0.3, -0.25) is 4.79 Å². The number of aryl methyl sites for hydroxylation is 1. The first-order chi connectivity index (χ1) is 6.63. The zero-order chi connectivity index (χ0) is 10.6. The molecular formula is C7H11ClN4O2. The molecule has 1 aromatic heterocycles. The van der Waals surface area contributed by atoms with Crippen LogP contribution in [0.4, 0.5) is 6.01 Å². The van der Waals surface area contributed by atoms with Gasteiger partial charge in [-0.25, -0.2) is 0 Å². The first kappa shape index (κ1) is 10.8. The fourth-order valence-corrected chi connectivity index (χ4v) is 0.912. The van der Waals surface area contributed by atoms with Gasteiger partial charge >= 0.3 is 6.01 Å². The van der Waals surface area contributed by atoms with E-state index in [1.165, 1.54) is 0 Å². The second-order valence-electron chi connectivity index (χ2n) is 2.71. The molecular weight excluding hydrogens is 208 g/mol. The van der Waals surface area contributed by atoms with Crippen LogP contribution in [0.5, 0.6) is 0 Å². The average molecular weight is 219 g/mol. The van der Waals surface area contributed by atoms with Crippen LogP contribution < -0.4 is 11.1 Å². The number of amides is 1. The van der Waals surface area contributed by atoms with Crippen LogP contribution >= 0.6 is 11.6 Å². The van der Waals surface area contributed by atoms with Crippen LogP contribution in [-0.4, -0.2) is 28.0 Å². The summed E-state index contributed by atoms with van der Waals surface area (Å²) in [5.74, 6) is 0.355. The maximum absolute atomic E-state index is 10.7. The van der Waals surface area contributed by atoms with Crippen molar-refractivity contribution in [3.63, 3.8) is 0 Å². The minimum atomic E-state index is -0.542. The Morgan fingerprint density at radius 3 is 3.00 bits per heavy atom. The number of carbonyl (C=O) groups excluding carboxylic acids is 1. The summed E-state index contributed by atoms with van der Waals surface area (Å²) in [4.78, 5) is 10.7. The predicted molar refractivity (Wildman–Crippen MR) is 51.0 cm³/mol. The lowest BCUT2D eigenvalue weighted by atomic mass is 10.3. The number of nitrogens with one attached hydrogen (secondary N) is 1. The molecule has 0 radical (unpaired) electrons. The van der Waals surface area contributed by atoms with Crippen molar-refractivity contribution in [1.82, 2.24) is 10.2 Å². The molecule has 0 spiro atoms. The van der Waals surface area contributed by atoms with E-state index < -0.39 is 11.9 Å². The largest absolute Gasteiger partial charge is 0.408 e. The van der Waals surface area contributed by atoms with Crippen molar-refractivity contribution in [1.29, 1.82) is 0 Å². The van der Waals surface area contributed by atoms with Gasteiger partial charge in [0.05, 0.1) is 0 Å². The molecule has 1 rings (SSSR count). The number of hydrogen-bond acceptors (Lipinski definition) is 5. The minimum absolute atomic E-state index is 0.177. The van der Waals surface area contributed by atoms with E-state index >= 15 is 0 Å². The highest BCUT2D eigenvalue weighted by atomic mass is 35.5. The van der Waals surface area contributed by atoms with Crippen molar-refractivity contribution >= 4 is 23.5 Å². The van der Waals surface area contributed by atoms with Crippen molar-refractivity contribution in [2.45, 2.75) is 19.4 Å². The maximum atomic E-state index is 10.7. The number of nitrogens with zero attached hydrogens (tertiary/aromatic N) is 2. The van der Waals surface area contributed by atoms with Gasteiger partial charge in [0, 0.05) is 12.3 Å². The molecule has 3 N–H and O–H groups in total. The molecule has 1 amide bonds. The molecule has 0 aromatic carbocycles. The lowest BCUT2D eigenvalue weighted by Gasteiger charge is -2.05. The van der Waals surface area contributed by atoms with Crippen LogP contribution in [0.25, 0.3) is 0 Å². The van der Waals surface area contributed by atoms with Crippen LogP contribution in [0.2, 0.25) is 0 Å². The average Bonchev–Trinajstić information content (AvgIpc) is 2.53. The molecule has 1 unspecified atom stereocenters. The number of halogens is 1. The minimum Gasteiger partial charge on any atom is -0.408 e. The molecule has 6 nitrogen and oxygen atoms in total. The SMILES string of the molecule is CC(Nc1nnc(CCCl)o1)C(N)=O. The molecule has 0 aliphatic rings. The fourth-order valence-electron chi connectivity index (χ4n) is 0.750. The van der Waals surface area contributed by atoms with Crippen LogP contribution in [0.3, 0.4) is 0 Å². The molecule has 1 heterocycles. The third-order valence-electron chi connectivity index (χ3n) is 1.54. The molecule has 1 atom stereocenters. The Morgan fingerprint density at radius 2 is 2.43 bits per heavy atom. The van der Waals surface area contributed by atoms with Gasteiger partial charge in [-0.05, 0) is 6.92 Å². The number of hydrogen-bond donors (Lipinski definition) is 2. The fraction of sp³-hybridized carbons (Fsp3) is 0.571. The van der Waals surface area contributed by atoms with Crippen LogP contribution in [-0.2, 0) is 11.2 Å². The summed E-state index contributed by atoms with van der Waals surface area (Å²) < 4.78 is 5.12. The Kier molecular flexibility index (Phi) is 3.70. The first-order valence-corrected chi connectivity index (χ1v) is 4.61. The normalized spacial score (nSPS) is 12.4. The van der Waals surface area contributed by atoms with E-state index in [2.05, 4.69) is 15.5 Å². The highest BCUT2D eigenvalue weighted by molar-refractivity contribution is 6.17. The van der Waals surface area contributed by atoms with Gasteiger partial charge < -0.3 is 15.5 Å². The van der Waals surface area contributed by atoms with Gasteiger partial charge in [0.1, 0.15) is 6.04 Å². The molecule has 1 aromatic rings. The Bertz CT molecular complexity index is 314. The zero-order valence-corrected chi connectivity index (χ0v) is 8.41. The highest BCUT2D eigenvalue weighted by Gasteiger charge is 2.12. The van der Waals surface area contributed by atoms with Crippen molar-refractivity contribution in [2.75, 3.05) is 11.2 Å². The number of alkyl halides is 1. The number of aromatic nitrogens is 2. The van der Waals surface area contributed by atoms with Crippen LogP contribution in [0.1, 0.15) is 12.8 Å². The van der Waals surface area contributed by atoms with Crippen molar-refractivity contribution < 1.29 is 9.21 Å². The van der Waals surface area contributed by atoms with E-state index in [0.717, 1.165) is 0 Å². The summed E-state index contributed by atoms with van der Waals surface area (Å²) in [6.45, 7) is 1.60. The lowest BCUT2D eigenvalue weighted by Crippen LogP contribution is -2.32. The number of primary amides is 1. The van der Waals surface area contributed by atoms with E-state index in [9.17, 15) is 4.79 Å². The van der Waals surface area contributed by atoms with Crippen molar-refractivity contribution in [2.24, 2.45) is 5.73 Å². The standard InChI is InChI=1S/C7H11ClN4O2/c1-4(6(9)13)10-7-12-11-5(14-7)2-3-8/h4H,2-3H2,1H3,(H2,9,13)(H,10,12). The van der Waals surface area contributed by atoms with Gasteiger partial charge in [0.2, 0.25) is 11.8 Å². The van der Waals surface area contributed by atoms with Crippen molar-refractivity contribution in [3.8, 4) is 0 Å². The molecule has 0 fully saturated rings. The van der Waals surface area contributed by atoms with Gasteiger partial charge in [-0.1, -0.05) is 5.10 Å². The molecule has 0 aliphatic heterocycles. The third-order valence-corrected chi connectivity index (χ3v) is 1.73. The summed E-state index contributed by atoms with van der Waals surface area (Å²) in [5, 5.41) is 10.0. The Hall–Kier alpha value is -1.30. The summed E-state index contributed by atoms with van der Waals surface area (Å²) in [5.41, 5.74) is 5.04. The van der Waals surface area contributed by atoms with E-state index in [1.54, 1.807) is 6.92 Å². The monoisotopic (exact) mass is 218 g/mol. The number of carbonyl (C=O) groups is 1. The topological polar surface area (TPSA) is 94.0 Å². The van der Waals surface area contributed by atoms with E-state index in [-0.39, 0.29) is 6.01 Å². The number of anilines is 1. The quantitative estimate of drug-likeness (QED) is 0.686. The summed E-state index contributed by atoms with van der Waals surface area (Å²) in [7, 11) is 0. The summed E-state index contributed by atoms with van der Waals surface area (Å²) >= 11 is 5.48. The van der Waals surface area contributed by atoms with Crippen molar-refractivity contribution in [3.05, 3.63) is 5.89 Å². The summed E-state index contributed by atoms with van der Waals surface area (Å²) in [6.07, 6.45) is 0.501. The van der Waals surface area contributed by atoms with Crippen LogP contribution in [0.15, 0.2) is 4.42 Å². The van der Waals surface area contributed by atoms with Crippen LogP contribution in [0, 0.1) is 0 Å². The van der Waals surface area contributed by atoms with Gasteiger partial charge in [0.25, 0.3) is 0 Å². The van der Waals surface area contributed by atoms with Gasteiger partial charge in [-0.2, -0.15) is 0 Å². The molecule has 0 saturated carbocycles. The molecule has 0 saturated heterocycles. The van der Waals surface area contributed by atoms with E-state index in [0.29, 0.717) is 18.2 Å². The Balaban J connectivity index is 2.55. The third kappa shape index (κ3) is 2.88. The Labute approximate surface area is 85.8 Å².